The zero-order valence-corrected chi connectivity index (χ0v) is 23.0. The molecule has 1 atom stereocenters. The number of allylic oxidation sites excluding steroid dienone is 9. The molecule has 0 aliphatic heterocycles. The lowest BCUT2D eigenvalue weighted by Crippen LogP contribution is -2.14. The molecule has 1 aromatic carbocycles. The summed E-state index contributed by atoms with van der Waals surface area (Å²) in [6, 6.07) is 3.96. The molecule has 4 heteroatoms. The highest BCUT2D eigenvalue weighted by molar-refractivity contribution is 5.65. The number of benzene rings is 1. The van der Waals surface area contributed by atoms with E-state index in [4.69, 9.17) is 0 Å². The highest BCUT2D eigenvalue weighted by Crippen LogP contribution is 2.36. The fourth-order valence-electron chi connectivity index (χ4n) is 3.90. The van der Waals surface area contributed by atoms with Gasteiger partial charge in [0, 0.05) is 12.2 Å². The van der Waals surface area contributed by atoms with E-state index in [0.717, 1.165) is 6.42 Å². The smallest absolute Gasteiger partial charge is 0.135 e. The van der Waals surface area contributed by atoms with Crippen LogP contribution in [0.3, 0.4) is 0 Å². The minimum Gasteiger partial charge on any atom is -0.381 e. The van der Waals surface area contributed by atoms with Crippen molar-refractivity contribution in [2.24, 2.45) is 0 Å². The van der Waals surface area contributed by atoms with Crippen molar-refractivity contribution in [3.8, 4) is 0 Å². The third-order valence-electron chi connectivity index (χ3n) is 5.57. The van der Waals surface area contributed by atoms with Gasteiger partial charge in [0.05, 0.1) is 5.56 Å². The van der Waals surface area contributed by atoms with Gasteiger partial charge in [-0.05, 0) is 89.2 Å². The number of alkyl halides is 1. The summed E-state index contributed by atoms with van der Waals surface area (Å²) in [5.41, 5.74) is 7.29. The molecule has 0 fully saturated rings. The van der Waals surface area contributed by atoms with E-state index in [-0.39, 0.29) is 5.56 Å². The van der Waals surface area contributed by atoms with E-state index < -0.39 is 17.8 Å². The summed E-state index contributed by atoms with van der Waals surface area (Å²) in [7, 11) is 0. The monoisotopic (exact) mass is 499 g/mol. The number of halogens is 3. The molecule has 36 heavy (non-hydrogen) atoms. The molecule has 0 spiro atoms. The Morgan fingerprint density at radius 1 is 1.14 bits per heavy atom. The van der Waals surface area contributed by atoms with Crippen molar-refractivity contribution in [3.63, 3.8) is 0 Å². The predicted molar refractivity (Wildman–Crippen MR) is 152 cm³/mol. The van der Waals surface area contributed by atoms with Crippen LogP contribution in [-0.4, -0.2) is 12.7 Å². The van der Waals surface area contributed by atoms with Crippen molar-refractivity contribution in [2.75, 3.05) is 6.54 Å². The Bertz CT molecular complexity index is 966. The van der Waals surface area contributed by atoms with Gasteiger partial charge in [-0.3, -0.25) is 0 Å². The fraction of sp³-hybridized carbons (Fsp3) is 0.375. The average Bonchev–Trinajstić information content (AvgIpc) is 3.27. The van der Waals surface area contributed by atoms with Crippen LogP contribution < -0.4 is 5.32 Å². The van der Waals surface area contributed by atoms with Gasteiger partial charge in [0.2, 0.25) is 0 Å². The Morgan fingerprint density at radius 2 is 1.72 bits per heavy atom. The van der Waals surface area contributed by atoms with Gasteiger partial charge in [-0.1, -0.05) is 54.5 Å². The molecule has 1 nitrogen and oxygen atoms in total. The van der Waals surface area contributed by atoms with E-state index in [0.29, 0.717) is 18.7 Å². The number of rotatable bonds is 9. The molecule has 0 aromatic heterocycles. The molecule has 1 unspecified atom stereocenters. The zero-order valence-electron chi connectivity index (χ0n) is 23.0. The van der Waals surface area contributed by atoms with Crippen molar-refractivity contribution in [3.05, 3.63) is 113 Å². The Kier molecular flexibility index (Phi) is 16.8. The maximum atomic E-state index is 14.2. The molecule has 1 aliphatic carbocycles. The molecule has 0 amide bonds. The molecule has 0 heterocycles. The Balaban J connectivity index is 0.00000156. The van der Waals surface area contributed by atoms with Gasteiger partial charge in [0.15, 0.2) is 0 Å². The van der Waals surface area contributed by atoms with Gasteiger partial charge >= 0.3 is 0 Å². The molecule has 0 bridgehead atoms. The highest BCUT2D eigenvalue weighted by atomic mass is 19.1. The normalized spacial score (nSPS) is 14.5. The van der Waals surface area contributed by atoms with Gasteiger partial charge < -0.3 is 5.32 Å². The van der Waals surface area contributed by atoms with Gasteiger partial charge in [-0.2, -0.15) is 0 Å². The molecule has 0 saturated carbocycles. The van der Waals surface area contributed by atoms with Gasteiger partial charge in [-0.25, -0.2) is 13.2 Å². The van der Waals surface area contributed by atoms with Crippen LogP contribution in [0.25, 0.3) is 5.70 Å². The summed E-state index contributed by atoms with van der Waals surface area (Å²) in [6.45, 7) is 21.7. The van der Waals surface area contributed by atoms with E-state index in [1.807, 2.05) is 19.1 Å². The molecule has 198 valence electrons. The van der Waals surface area contributed by atoms with Crippen LogP contribution >= 0.6 is 0 Å². The van der Waals surface area contributed by atoms with Crippen LogP contribution in [0.5, 0.6) is 0 Å². The molecule has 1 aromatic rings. The highest BCUT2D eigenvalue weighted by Gasteiger charge is 2.17. The first-order chi connectivity index (χ1) is 17.2. The molecular formula is C32H44F3N. The second-order valence-electron chi connectivity index (χ2n) is 8.55. The van der Waals surface area contributed by atoms with Gasteiger partial charge in [0.1, 0.15) is 17.8 Å². The third kappa shape index (κ3) is 10.7. The SMILES string of the molecule is C/C=C(\C=C/CNC(=CCC)c1c(F)cccc1F)C(=C(C)C)C1=C(C)CCC1.C=C.C=CC(C)F. The second kappa shape index (κ2) is 18.3. The van der Waals surface area contributed by atoms with E-state index in [1.54, 1.807) is 0 Å². The van der Waals surface area contributed by atoms with Crippen LogP contribution in [0.15, 0.2) is 96.2 Å². The summed E-state index contributed by atoms with van der Waals surface area (Å²) in [5.74, 6) is -1.10. The van der Waals surface area contributed by atoms with E-state index in [9.17, 15) is 13.2 Å². The van der Waals surface area contributed by atoms with Crippen molar-refractivity contribution < 1.29 is 13.2 Å². The Morgan fingerprint density at radius 3 is 2.14 bits per heavy atom. The van der Waals surface area contributed by atoms with Crippen LogP contribution in [0.1, 0.15) is 72.8 Å². The largest absolute Gasteiger partial charge is 0.381 e. The van der Waals surface area contributed by atoms with Crippen LogP contribution in [0.2, 0.25) is 0 Å². The quantitative estimate of drug-likeness (QED) is 0.263. The molecule has 2 rings (SSSR count). The summed E-state index contributed by atoms with van der Waals surface area (Å²) in [4.78, 5) is 0. The summed E-state index contributed by atoms with van der Waals surface area (Å²) in [5, 5.41) is 3.18. The summed E-state index contributed by atoms with van der Waals surface area (Å²) in [6.07, 6.45) is 12.7. The maximum Gasteiger partial charge on any atom is 0.135 e. The Hall–Kier alpha value is -3.01. The number of hydrogen-bond acceptors (Lipinski definition) is 1. The molecule has 0 saturated heterocycles. The Labute approximate surface area is 217 Å². The molecule has 0 radical (unpaired) electrons. The van der Waals surface area contributed by atoms with Crippen molar-refractivity contribution in [1.29, 1.82) is 0 Å². The van der Waals surface area contributed by atoms with Crippen LogP contribution in [-0.2, 0) is 0 Å². The summed E-state index contributed by atoms with van der Waals surface area (Å²) < 4.78 is 39.6. The average molecular weight is 500 g/mol. The van der Waals surface area contributed by atoms with Gasteiger partial charge in [0.25, 0.3) is 0 Å². The predicted octanol–water partition coefficient (Wildman–Crippen LogP) is 9.98. The molecule has 1 N–H and O–H groups in total. The first kappa shape index (κ1) is 33.0. The summed E-state index contributed by atoms with van der Waals surface area (Å²) >= 11 is 0. The van der Waals surface area contributed by atoms with E-state index in [2.05, 4.69) is 64.9 Å². The lowest BCUT2D eigenvalue weighted by Gasteiger charge is -2.15. The molecule has 1 aliphatic rings. The number of hydrogen-bond donors (Lipinski definition) is 1. The van der Waals surface area contributed by atoms with E-state index >= 15 is 0 Å². The third-order valence-corrected chi connectivity index (χ3v) is 5.57. The molecular weight excluding hydrogens is 455 g/mol. The fourth-order valence-corrected chi connectivity index (χ4v) is 3.90. The van der Waals surface area contributed by atoms with Crippen molar-refractivity contribution in [1.82, 2.24) is 5.32 Å². The zero-order chi connectivity index (χ0) is 27.7. The first-order valence-electron chi connectivity index (χ1n) is 12.5. The van der Waals surface area contributed by atoms with Crippen molar-refractivity contribution >= 4 is 5.70 Å². The van der Waals surface area contributed by atoms with Gasteiger partial charge in [-0.15, -0.1) is 19.7 Å². The van der Waals surface area contributed by atoms with Crippen molar-refractivity contribution in [2.45, 2.75) is 73.4 Å². The van der Waals surface area contributed by atoms with Crippen LogP contribution in [0.4, 0.5) is 13.2 Å². The number of nitrogens with one attached hydrogen (secondary N) is 1. The maximum absolute atomic E-state index is 14.2. The first-order valence-corrected chi connectivity index (χ1v) is 12.5. The van der Waals surface area contributed by atoms with Crippen LogP contribution in [0, 0.1) is 11.6 Å². The lowest BCUT2D eigenvalue weighted by atomic mass is 9.91. The minimum absolute atomic E-state index is 0.00531. The standard InChI is InChI=1S/C26H33F2N.C4H7F.C2H4/c1-6-11-24(26-22(27)15-9-16-23(26)28)29-17-10-13-20(7-2)25(18(3)4)21-14-8-12-19(21)5;1-3-4(2)5;1-2/h7,9-11,13,15-16,29H,6,8,12,14,17H2,1-5H3;3-4H,1H2,2H3;1-2H2/b13-10-,20-7+,24-11?;;. The van der Waals surface area contributed by atoms with E-state index in [1.165, 1.54) is 71.9 Å². The minimum atomic E-state index is -0.852. The topological polar surface area (TPSA) is 12.0 Å². The lowest BCUT2D eigenvalue weighted by molar-refractivity contribution is 0.431. The second-order valence-corrected chi connectivity index (χ2v) is 8.55.